The largest absolute Gasteiger partial charge is 0.507 e. The molecule has 2 N–H and O–H groups in total. The van der Waals surface area contributed by atoms with Gasteiger partial charge >= 0.3 is 5.97 Å². The highest BCUT2D eigenvalue weighted by molar-refractivity contribution is 6.51. The number of hydrogen-bond acceptors (Lipinski definition) is 5. The monoisotopic (exact) mass is 471 g/mol. The van der Waals surface area contributed by atoms with E-state index in [-0.39, 0.29) is 17.8 Å². The Hall–Kier alpha value is -4.39. The Bertz CT molecular complexity index is 1310. The minimum Gasteiger partial charge on any atom is -0.507 e. The Morgan fingerprint density at radius 1 is 0.943 bits per heavy atom. The van der Waals surface area contributed by atoms with Crippen molar-refractivity contribution in [3.05, 3.63) is 101 Å². The Labute approximate surface area is 202 Å². The normalized spacial score (nSPS) is 17.0. The maximum Gasteiger partial charge on any atom is 0.307 e. The number of rotatable bonds is 7. The molecule has 1 saturated heterocycles. The topological polar surface area (TPSA) is 104 Å². The first-order valence-electron chi connectivity index (χ1n) is 11.2. The lowest BCUT2D eigenvalue weighted by Gasteiger charge is -2.26. The van der Waals surface area contributed by atoms with Gasteiger partial charge in [0.15, 0.2) is 0 Å². The summed E-state index contributed by atoms with van der Waals surface area (Å²) >= 11 is 0. The van der Waals surface area contributed by atoms with Gasteiger partial charge in [-0.25, -0.2) is 0 Å². The number of Topliss-reactive ketones (excluding diaryl/α,β-unsaturated/α-hetero) is 1. The standard InChI is InChI=1S/C28H25NO6/c1-3-17-7-11-19(12-8-17)25-24(26(32)20-5-4-6-22(16-20)35-2)27(33)28(34)29(25)21-13-9-18(10-14-21)15-23(30)31/h4-14,16,25,32H,3,15H2,1-2H3,(H,30,31)/b26-24-. The van der Waals surface area contributed by atoms with Gasteiger partial charge in [0.1, 0.15) is 11.5 Å². The van der Waals surface area contributed by atoms with E-state index in [1.165, 1.54) is 12.0 Å². The second-order valence-electron chi connectivity index (χ2n) is 8.23. The molecule has 4 rings (SSSR count). The van der Waals surface area contributed by atoms with Crippen molar-refractivity contribution in [1.29, 1.82) is 0 Å². The number of hydrogen-bond donors (Lipinski definition) is 2. The lowest BCUT2D eigenvalue weighted by Crippen LogP contribution is -2.29. The number of anilines is 1. The summed E-state index contributed by atoms with van der Waals surface area (Å²) in [5.74, 6) is -2.33. The van der Waals surface area contributed by atoms with Crippen molar-refractivity contribution in [2.75, 3.05) is 12.0 Å². The summed E-state index contributed by atoms with van der Waals surface area (Å²) in [4.78, 5) is 38.9. The maximum absolute atomic E-state index is 13.3. The van der Waals surface area contributed by atoms with Crippen molar-refractivity contribution < 1.29 is 29.3 Å². The van der Waals surface area contributed by atoms with Crippen LogP contribution >= 0.6 is 0 Å². The van der Waals surface area contributed by atoms with Crippen LogP contribution in [0, 0.1) is 0 Å². The highest BCUT2D eigenvalue weighted by Gasteiger charge is 2.47. The molecule has 1 unspecified atom stereocenters. The first kappa shape index (κ1) is 23.8. The summed E-state index contributed by atoms with van der Waals surface area (Å²) in [6, 6.07) is 19.8. The van der Waals surface area contributed by atoms with Crippen LogP contribution in [0.3, 0.4) is 0 Å². The zero-order valence-corrected chi connectivity index (χ0v) is 19.4. The van der Waals surface area contributed by atoms with Crippen LogP contribution in [-0.4, -0.2) is 35.0 Å². The number of ketones is 1. The van der Waals surface area contributed by atoms with E-state index < -0.39 is 23.7 Å². The Kier molecular flexibility index (Phi) is 6.68. The number of methoxy groups -OCH3 is 1. The fraction of sp³-hybridized carbons (Fsp3) is 0.179. The van der Waals surface area contributed by atoms with Crippen LogP contribution < -0.4 is 9.64 Å². The fourth-order valence-electron chi connectivity index (χ4n) is 4.22. The molecule has 0 radical (unpaired) electrons. The van der Waals surface area contributed by atoms with Gasteiger partial charge in [0, 0.05) is 11.3 Å². The van der Waals surface area contributed by atoms with Crippen LogP contribution in [0.5, 0.6) is 5.75 Å². The smallest absolute Gasteiger partial charge is 0.307 e. The SMILES string of the molecule is CCc1ccc(C2/C(=C(/O)c3cccc(OC)c3)C(=O)C(=O)N2c2ccc(CC(=O)O)cc2)cc1. The molecular formula is C28H25NO6. The van der Waals surface area contributed by atoms with Gasteiger partial charge in [0.25, 0.3) is 11.7 Å². The molecule has 3 aromatic carbocycles. The number of aliphatic hydroxyl groups excluding tert-OH is 1. The number of carbonyl (C=O) groups is 3. The van der Waals surface area contributed by atoms with Crippen LogP contribution in [0.25, 0.3) is 5.76 Å². The van der Waals surface area contributed by atoms with Gasteiger partial charge in [-0.1, -0.05) is 55.5 Å². The quantitative estimate of drug-likeness (QED) is 0.299. The summed E-state index contributed by atoms with van der Waals surface area (Å²) < 4.78 is 5.24. The Morgan fingerprint density at radius 2 is 1.60 bits per heavy atom. The summed E-state index contributed by atoms with van der Waals surface area (Å²) in [5.41, 5.74) is 3.09. The molecule has 0 aromatic heterocycles. The average molecular weight is 472 g/mol. The molecule has 7 heteroatoms. The van der Waals surface area contributed by atoms with Crippen LogP contribution in [-0.2, 0) is 27.2 Å². The van der Waals surface area contributed by atoms with Crippen molar-refractivity contribution >= 4 is 29.1 Å². The van der Waals surface area contributed by atoms with Crippen molar-refractivity contribution in [3.63, 3.8) is 0 Å². The van der Waals surface area contributed by atoms with Gasteiger partial charge in [-0.15, -0.1) is 0 Å². The predicted octanol–water partition coefficient (Wildman–Crippen LogP) is 4.51. The Balaban J connectivity index is 1.87. The molecular weight excluding hydrogens is 446 g/mol. The lowest BCUT2D eigenvalue weighted by atomic mass is 9.94. The molecule has 1 aliphatic heterocycles. The maximum atomic E-state index is 13.3. The second-order valence-corrected chi connectivity index (χ2v) is 8.23. The van der Waals surface area contributed by atoms with E-state index in [9.17, 15) is 19.5 Å². The minimum absolute atomic E-state index is 0.0258. The first-order chi connectivity index (χ1) is 16.8. The summed E-state index contributed by atoms with van der Waals surface area (Å²) in [6.45, 7) is 2.03. The van der Waals surface area contributed by atoms with Gasteiger partial charge in [0.05, 0.1) is 25.1 Å². The lowest BCUT2D eigenvalue weighted by molar-refractivity contribution is -0.136. The summed E-state index contributed by atoms with van der Waals surface area (Å²) in [5, 5.41) is 20.3. The van der Waals surface area contributed by atoms with E-state index in [1.54, 1.807) is 48.5 Å². The number of nitrogens with zero attached hydrogens (tertiary/aromatic N) is 1. The van der Waals surface area contributed by atoms with Gasteiger partial charge in [0.2, 0.25) is 0 Å². The first-order valence-corrected chi connectivity index (χ1v) is 11.2. The van der Waals surface area contributed by atoms with Crippen molar-refractivity contribution in [3.8, 4) is 5.75 Å². The van der Waals surface area contributed by atoms with Crippen molar-refractivity contribution in [2.45, 2.75) is 25.8 Å². The molecule has 35 heavy (non-hydrogen) atoms. The molecule has 1 heterocycles. The molecule has 0 bridgehead atoms. The highest BCUT2D eigenvalue weighted by Crippen LogP contribution is 2.42. The Morgan fingerprint density at radius 3 is 2.20 bits per heavy atom. The molecule has 1 aliphatic rings. The van der Waals surface area contributed by atoms with Crippen LogP contribution in [0.15, 0.2) is 78.4 Å². The molecule has 0 saturated carbocycles. The fourth-order valence-corrected chi connectivity index (χ4v) is 4.22. The molecule has 3 aromatic rings. The van der Waals surface area contributed by atoms with E-state index in [2.05, 4.69) is 0 Å². The molecule has 178 valence electrons. The number of amides is 1. The highest BCUT2D eigenvalue weighted by atomic mass is 16.5. The number of ether oxygens (including phenoxy) is 1. The van der Waals surface area contributed by atoms with Crippen LogP contribution in [0.4, 0.5) is 5.69 Å². The molecule has 1 atom stereocenters. The number of aryl methyl sites for hydroxylation is 1. The van der Waals surface area contributed by atoms with Crippen LogP contribution in [0.1, 0.15) is 35.2 Å². The second kappa shape index (κ2) is 9.85. The molecule has 1 amide bonds. The third-order valence-electron chi connectivity index (χ3n) is 6.06. The minimum atomic E-state index is -0.965. The number of carboxylic acids is 1. The summed E-state index contributed by atoms with van der Waals surface area (Å²) in [7, 11) is 1.50. The molecule has 1 fully saturated rings. The van der Waals surface area contributed by atoms with Gasteiger partial charge in [-0.05, 0) is 47.4 Å². The third-order valence-corrected chi connectivity index (χ3v) is 6.06. The van der Waals surface area contributed by atoms with Crippen LogP contribution in [0.2, 0.25) is 0 Å². The number of aliphatic hydroxyl groups is 1. The van der Waals surface area contributed by atoms with Gasteiger partial charge < -0.3 is 14.9 Å². The number of carbonyl (C=O) groups excluding carboxylic acids is 2. The number of benzene rings is 3. The zero-order valence-electron chi connectivity index (χ0n) is 19.4. The van der Waals surface area contributed by atoms with Crippen molar-refractivity contribution in [1.82, 2.24) is 0 Å². The van der Waals surface area contributed by atoms with E-state index in [0.29, 0.717) is 28.1 Å². The third kappa shape index (κ3) is 4.66. The molecule has 0 spiro atoms. The molecule has 7 nitrogen and oxygen atoms in total. The number of aliphatic carboxylic acids is 1. The number of carboxylic acid groups (broad SMARTS) is 1. The molecule has 0 aliphatic carbocycles. The van der Waals surface area contributed by atoms with E-state index in [0.717, 1.165) is 12.0 Å². The predicted molar refractivity (Wildman–Crippen MR) is 131 cm³/mol. The van der Waals surface area contributed by atoms with Crippen molar-refractivity contribution in [2.24, 2.45) is 0 Å². The zero-order chi connectivity index (χ0) is 25.1. The van der Waals surface area contributed by atoms with E-state index in [4.69, 9.17) is 9.84 Å². The summed E-state index contributed by atoms with van der Waals surface area (Å²) in [6.07, 6.45) is 0.673. The van der Waals surface area contributed by atoms with E-state index >= 15 is 0 Å². The van der Waals surface area contributed by atoms with Gasteiger partial charge in [-0.3, -0.25) is 19.3 Å². The van der Waals surface area contributed by atoms with Gasteiger partial charge in [-0.2, -0.15) is 0 Å². The van der Waals surface area contributed by atoms with E-state index in [1.807, 2.05) is 31.2 Å². The average Bonchev–Trinajstić information content (AvgIpc) is 3.14.